The quantitative estimate of drug-likeness (QED) is 0.323. The molecule has 0 saturated heterocycles. The number of carbonyl (C=O) groups excluding carboxylic acids is 4. The highest BCUT2D eigenvalue weighted by molar-refractivity contribution is 6.00. The average molecular weight is 458 g/mol. The van der Waals surface area contributed by atoms with Crippen molar-refractivity contribution in [1.82, 2.24) is 0 Å². The third kappa shape index (κ3) is 8.24. The van der Waals surface area contributed by atoms with Gasteiger partial charge in [0.1, 0.15) is 11.6 Å². The van der Waals surface area contributed by atoms with Crippen LogP contribution < -0.4 is 5.32 Å². The van der Waals surface area contributed by atoms with Crippen LogP contribution in [0.1, 0.15) is 59.5 Å². The van der Waals surface area contributed by atoms with Crippen molar-refractivity contribution in [1.29, 1.82) is 0 Å². The van der Waals surface area contributed by atoms with Crippen molar-refractivity contribution in [2.75, 3.05) is 5.32 Å². The van der Waals surface area contributed by atoms with Crippen LogP contribution in [-0.2, 0) is 16.0 Å². The summed E-state index contributed by atoms with van der Waals surface area (Å²) in [5.74, 6) is -0.644. The molecule has 3 rings (SSSR count). The zero-order valence-electron chi connectivity index (χ0n) is 20.3. The van der Waals surface area contributed by atoms with E-state index in [2.05, 4.69) is 24.4 Å². The zero-order chi connectivity index (χ0) is 25.3. The smallest absolute Gasteiger partial charge is 0.159 e. The van der Waals surface area contributed by atoms with Crippen LogP contribution in [0, 0.1) is 12.8 Å². The van der Waals surface area contributed by atoms with Crippen molar-refractivity contribution < 1.29 is 19.2 Å². The Bertz CT molecular complexity index is 1100. The minimum atomic E-state index is -0.532. The normalized spacial score (nSPS) is 10.2. The number of ketones is 4. The largest absolute Gasteiger partial charge is 0.356 e. The Hall–Kier alpha value is -3.86. The van der Waals surface area contributed by atoms with E-state index >= 15 is 0 Å². The molecule has 0 spiro atoms. The Morgan fingerprint density at radius 3 is 1.35 bits per heavy atom. The number of carbonyl (C=O) groups is 4. The van der Waals surface area contributed by atoms with Gasteiger partial charge in [0, 0.05) is 22.5 Å². The molecule has 176 valence electrons. The van der Waals surface area contributed by atoms with E-state index in [4.69, 9.17) is 0 Å². The lowest BCUT2D eigenvalue weighted by Crippen LogP contribution is -2.21. The van der Waals surface area contributed by atoms with Gasteiger partial charge in [-0.15, -0.1) is 0 Å². The Morgan fingerprint density at radius 2 is 1.00 bits per heavy atom. The van der Waals surface area contributed by atoms with E-state index < -0.39 is 5.92 Å². The zero-order valence-corrected chi connectivity index (χ0v) is 20.3. The molecule has 34 heavy (non-hydrogen) atoms. The molecule has 0 bridgehead atoms. The van der Waals surface area contributed by atoms with Gasteiger partial charge >= 0.3 is 0 Å². The summed E-state index contributed by atoms with van der Waals surface area (Å²) in [6.45, 7) is 8.00. The first kappa shape index (κ1) is 26.4. The van der Waals surface area contributed by atoms with Crippen LogP contribution in [0.2, 0.25) is 0 Å². The lowest BCUT2D eigenvalue weighted by Gasteiger charge is -2.11. The van der Waals surface area contributed by atoms with Crippen LogP contribution >= 0.6 is 0 Å². The van der Waals surface area contributed by atoms with E-state index in [9.17, 15) is 19.2 Å². The van der Waals surface area contributed by atoms with Crippen molar-refractivity contribution in [3.05, 3.63) is 95.1 Å². The fourth-order valence-electron chi connectivity index (χ4n) is 3.28. The summed E-state index contributed by atoms with van der Waals surface area (Å²) in [4.78, 5) is 44.7. The van der Waals surface area contributed by atoms with Crippen LogP contribution in [0.15, 0.2) is 72.8 Å². The number of rotatable bonds is 8. The molecule has 3 aromatic carbocycles. The lowest BCUT2D eigenvalue weighted by molar-refractivity contribution is -0.130. The molecule has 0 aliphatic rings. The van der Waals surface area contributed by atoms with E-state index in [0.717, 1.165) is 16.9 Å². The molecule has 1 N–H and O–H groups in total. The van der Waals surface area contributed by atoms with Crippen LogP contribution in [0.4, 0.5) is 11.4 Å². The Kier molecular flexibility index (Phi) is 9.62. The van der Waals surface area contributed by atoms with E-state index in [1.165, 1.54) is 33.3 Å². The SMILES string of the molecule is CC(=O)C(Cc1ccc(Nc2ccc(C)cc2)cc1)C(C)=O.CC(=O)c1ccc(C(C)=O)cc1. The molecule has 5 heteroatoms. The molecule has 0 heterocycles. The maximum atomic E-state index is 11.5. The van der Waals surface area contributed by atoms with Gasteiger partial charge in [-0.05, 0) is 70.9 Å². The second-order valence-electron chi connectivity index (χ2n) is 8.36. The van der Waals surface area contributed by atoms with Crippen molar-refractivity contribution in [3.63, 3.8) is 0 Å². The third-order valence-electron chi connectivity index (χ3n) is 5.41. The molecular weight excluding hydrogens is 426 g/mol. The fourth-order valence-corrected chi connectivity index (χ4v) is 3.28. The highest BCUT2D eigenvalue weighted by Gasteiger charge is 2.19. The van der Waals surface area contributed by atoms with Gasteiger partial charge in [0.05, 0.1) is 5.92 Å². The molecule has 0 atom stereocenters. The van der Waals surface area contributed by atoms with E-state index in [-0.39, 0.29) is 23.1 Å². The minimum absolute atomic E-state index is 0.0186. The van der Waals surface area contributed by atoms with Crippen molar-refractivity contribution >= 4 is 34.5 Å². The van der Waals surface area contributed by atoms with Gasteiger partial charge in [0.25, 0.3) is 0 Å². The maximum absolute atomic E-state index is 11.5. The summed E-state index contributed by atoms with van der Waals surface area (Å²) >= 11 is 0. The molecule has 0 aliphatic heterocycles. The number of Topliss-reactive ketones (excluding diaryl/α,β-unsaturated/α-hetero) is 4. The summed E-state index contributed by atoms with van der Waals surface area (Å²) in [7, 11) is 0. The molecule has 0 radical (unpaired) electrons. The highest BCUT2D eigenvalue weighted by atomic mass is 16.2. The Morgan fingerprint density at radius 1 is 0.618 bits per heavy atom. The minimum Gasteiger partial charge on any atom is -0.356 e. The standard InChI is InChI=1S/C19H21NO2.C10H10O2/c1-13-4-8-17(9-5-13)20-18-10-6-16(7-11-18)12-19(14(2)21)15(3)22;1-7(11)9-3-5-10(6-4-9)8(2)12/h4-11,19-20H,12H2,1-3H3;3-6H,1-2H3. The molecule has 3 aromatic rings. The van der Waals surface area contributed by atoms with Gasteiger partial charge in [-0.3, -0.25) is 19.2 Å². The Labute approximate surface area is 201 Å². The number of benzene rings is 3. The van der Waals surface area contributed by atoms with Crippen molar-refractivity contribution in [3.8, 4) is 0 Å². The average Bonchev–Trinajstić information content (AvgIpc) is 2.80. The second-order valence-corrected chi connectivity index (χ2v) is 8.36. The van der Waals surface area contributed by atoms with E-state index in [1.807, 2.05) is 36.4 Å². The van der Waals surface area contributed by atoms with Gasteiger partial charge < -0.3 is 5.32 Å². The van der Waals surface area contributed by atoms with Crippen LogP contribution in [0.3, 0.4) is 0 Å². The van der Waals surface area contributed by atoms with E-state index in [0.29, 0.717) is 17.5 Å². The monoisotopic (exact) mass is 457 g/mol. The second kappa shape index (κ2) is 12.4. The van der Waals surface area contributed by atoms with Gasteiger partial charge in [0.2, 0.25) is 0 Å². The maximum Gasteiger partial charge on any atom is 0.159 e. The molecule has 0 aromatic heterocycles. The van der Waals surface area contributed by atoms with Crippen molar-refractivity contribution in [2.45, 2.75) is 41.0 Å². The highest BCUT2D eigenvalue weighted by Crippen LogP contribution is 2.19. The van der Waals surface area contributed by atoms with Crippen LogP contribution in [0.25, 0.3) is 0 Å². The van der Waals surface area contributed by atoms with Gasteiger partial charge in [-0.25, -0.2) is 0 Å². The third-order valence-corrected chi connectivity index (χ3v) is 5.41. The molecular formula is C29H31NO4. The molecule has 0 unspecified atom stereocenters. The predicted octanol–water partition coefficient (Wildman–Crippen LogP) is 6.17. The molecule has 0 fully saturated rings. The number of hydrogen-bond donors (Lipinski definition) is 1. The van der Waals surface area contributed by atoms with Crippen LogP contribution in [0.5, 0.6) is 0 Å². The molecule has 0 aliphatic carbocycles. The summed E-state index contributed by atoms with van der Waals surface area (Å²) < 4.78 is 0. The number of hydrogen-bond acceptors (Lipinski definition) is 5. The first-order valence-electron chi connectivity index (χ1n) is 11.1. The lowest BCUT2D eigenvalue weighted by atomic mass is 9.92. The topological polar surface area (TPSA) is 80.3 Å². The van der Waals surface area contributed by atoms with Gasteiger partial charge in [-0.1, -0.05) is 54.1 Å². The molecule has 5 nitrogen and oxygen atoms in total. The number of nitrogens with one attached hydrogen (secondary N) is 1. The first-order valence-corrected chi connectivity index (χ1v) is 11.1. The number of aryl methyl sites for hydroxylation is 1. The Balaban J connectivity index is 0.000000287. The summed E-state index contributed by atoms with van der Waals surface area (Å²) in [6.07, 6.45) is 0.468. The summed E-state index contributed by atoms with van der Waals surface area (Å²) in [5.41, 5.74) is 5.50. The predicted molar refractivity (Wildman–Crippen MR) is 136 cm³/mol. The van der Waals surface area contributed by atoms with Gasteiger partial charge in [-0.2, -0.15) is 0 Å². The fraction of sp³-hybridized carbons (Fsp3) is 0.241. The van der Waals surface area contributed by atoms with Gasteiger partial charge in [0.15, 0.2) is 11.6 Å². The summed E-state index contributed by atoms with van der Waals surface area (Å²) in [5, 5.41) is 3.32. The van der Waals surface area contributed by atoms with E-state index in [1.54, 1.807) is 24.3 Å². The summed E-state index contributed by atoms with van der Waals surface area (Å²) in [6, 6.07) is 22.7. The number of anilines is 2. The van der Waals surface area contributed by atoms with Crippen LogP contribution in [-0.4, -0.2) is 23.1 Å². The van der Waals surface area contributed by atoms with Crippen molar-refractivity contribution in [2.24, 2.45) is 5.92 Å². The molecule has 0 amide bonds. The molecule has 0 saturated carbocycles. The first-order chi connectivity index (χ1) is 16.1.